The van der Waals surface area contributed by atoms with Gasteiger partial charge >= 0.3 is 5.69 Å². The number of rotatable bonds is 5. The number of carbonyl (C=O) groups is 1. The number of benzene rings is 1. The summed E-state index contributed by atoms with van der Waals surface area (Å²) in [5, 5.41) is 3.70. The van der Waals surface area contributed by atoms with E-state index in [1.165, 1.54) is 11.8 Å². The maximum atomic E-state index is 12.2. The van der Waals surface area contributed by atoms with Gasteiger partial charge in [0.05, 0.1) is 6.42 Å². The third-order valence-electron chi connectivity index (χ3n) is 4.44. The van der Waals surface area contributed by atoms with Gasteiger partial charge in [0, 0.05) is 35.9 Å². The number of H-pyrrole nitrogens is 2. The smallest absolute Gasteiger partial charge is 0.325 e. The Morgan fingerprint density at radius 2 is 2.04 bits per heavy atom. The van der Waals surface area contributed by atoms with Crippen molar-refractivity contribution in [2.24, 2.45) is 0 Å². The number of amides is 1. The molecule has 138 valence electrons. The molecule has 0 radical (unpaired) electrons. The van der Waals surface area contributed by atoms with Crippen LogP contribution in [0.4, 0.5) is 0 Å². The van der Waals surface area contributed by atoms with Gasteiger partial charge in [0.15, 0.2) is 0 Å². The zero-order chi connectivity index (χ0) is 18.5. The summed E-state index contributed by atoms with van der Waals surface area (Å²) in [6, 6.07) is 7.81. The lowest BCUT2D eigenvalue weighted by molar-refractivity contribution is -0.121. The minimum atomic E-state index is -0.579. The second-order valence-corrected chi connectivity index (χ2v) is 6.98. The number of halogens is 1. The number of nitrogens with one attached hydrogen (secondary N) is 3. The number of carbonyl (C=O) groups excluding carboxylic acids is 1. The first kappa shape index (κ1) is 18.4. The molecule has 1 atom stereocenters. The second-order valence-electron chi connectivity index (χ2n) is 6.54. The van der Waals surface area contributed by atoms with E-state index in [-0.39, 0.29) is 23.9 Å². The van der Waals surface area contributed by atoms with Gasteiger partial charge in [-0.3, -0.25) is 19.5 Å². The molecular weight excluding hydrogens is 356 g/mol. The van der Waals surface area contributed by atoms with E-state index >= 15 is 0 Å². The Morgan fingerprint density at radius 3 is 2.77 bits per heavy atom. The minimum Gasteiger partial charge on any atom is -0.352 e. The van der Waals surface area contributed by atoms with Crippen LogP contribution < -0.4 is 16.6 Å². The summed E-state index contributed by atoms with van der Waals surface area (Å²) >= 11 is 5.92. The van der Waals surface area contributed by atoms with E-state index in [4.69, 9.17) is 11.6 Å². The fourth-order valence-corrected chi connectivity index (χ4v) is 3.31. The van der Waals surface area contributed by atoms with Crippen LogP contribution in [0.25, 0.3) is 0 Å². The Bertz CT molecular complexity index is 875. The molecule has 1 unspecified atom stereocenters. The van der Waals surface area contributed by atoms with Crippen molar-refractivity contribution < 1.29 is 4.79 Å². The highest BCUT2D eigenvalue weighted by Gasteiger charge is 2.21. The van der Waals surface area contributed by atoms with Gasteiger partial charge in [-0.25, -0.2) is 4.79 Å². The molecule has 1 saturated heterocycles. The first-order valence-corrected chi connectivity index (χ1v) is 8.94. The molecule has 3 rings (SSSR count). The Balaban J connectivity index is 1.54. The van der Waals surface area contributed by atoms with E-state index in [2.05, 4.69) is 20.2 Å². The maximum absolute atomic E-state index is 12.2. The van der Waals surface area contributed by atoms with Gasteiger partial charge in [-0.05, 0) is 37.1 Å². The van der Waals surface area contributed by atoms with Crippen molar-refractivity contribution in [3.05, 3.63) is 67.4 Å². The molecule has 0 bridgehead atoms. The van der Waals surface area contributed by atoms with Crippen molar-refractivity contribution in [2.75, 3.05) is 13.1 Å². The van der Waals surface area contributed by atoms with Crippen molar-refractivity contribution in [3.8, 4) is 0 Å². The third kappa shape index (κ3) is 5.06. The summed E-state index contributed by atoms with van der Waals surface area (Å²) in [5.74, 6) is -0.221. The van der Waals surface area contributed by atoms with Gasteiger partial charge in [-0.2, -0.15) is 0 Å². The van der Waals surface area contributed by atoms with Gasteiger partial charge in [0.25, 0.3) is 5.56 Å². The Labute approximate surface area is 155 Å². The highest BCUT2D eigenvalue weighted by molar-refractivity contribution is 6.30. The molecule has 8 heteroatoms. The monoisotopic (exact) mass is 376 g/mol. The number of aromatic nitrogens is 2. The third-order valence-corrected chi connectivity index (χ3v) is 4.69. The molecule has 7 nitrogen and oxygen atoms in total. The summed E-state index contributed by atoms with van der Waals surface area (Å²) < 4.78 is 0. The molecule has 0 aliphatic carbocycles. The first-order chi connectivity index (χ1) is 12.5. The van der Waals surface area contributed by atoms with Crippen LogP contribution in [0.1, 0.15) is 24.0 Å². The SMILES string of the molecule is O=C(Cc1c[nH]c(=O)[nH]c1=O)NC1CCCN(Cc2ccc(Cl)cc2)C1. The van der Waals surface area contributed by atoms with Gasteiger partial charge < -0.3 is 10.3 Å². The Hall–Kier alpha value is -2.38. The number of piperidine rings is 1. The zero-order valence-electron chi connectivity index (χ0n) is 14.3. The van der Waals surface area contributed by atoms with Crippen molar-refractivity contribution in [3.63, 3.8) is 0 Å². The van der Waals surface area contributed by atoms with Crippen molar-refractivity contribution in [1.82, 2.24) is 20.2 Å². The van der Waals surface area contributed by atoms with Crippen LogP contribution in [0.2, 0.25) is 5.02 Å². The van der Waals surface area contributed by atoms with Crippen LogP contribution in [0.15, 0.2) is 40.1 Å². The molecule has 1 amide bonds. The summed E-state index contributed by atoms with van der Waals surface area (Å²) in [4.78, 5) is 41.7. The standard InChI is InChI=1S/C18H21ClN4O3/c19-14-5-3-12(4-6-14)10-23-7-1-2-15(11-23)21-16(24)8-13-9-20-18(26)22-17(13)25/h3-6,9,15H,1-2,7-8,10-11H2,(H,21,24)(H2,20,22,25,26). The Morgan fingerprint density at radius 1 is 1.27 bits per heavy atom. The van der Waals surface area contributed by atoms with E-state index < -0.39 is 11.2 Å². The summed E-state index contributed by atoms with van der Waals surface area (Å²) in [5.41, 5.74) is 0.318. The summed E-state index contributed by atoms with van der Waals surface area (Å²) in [7, 11) is 0. The minimum absolute atomic E-state index is 0.0467. The zero-order valence-corrected chi connectivity index (χ0v) is 15.0. The van der Waals surface area contributed by atoms with Crippen LogP contribution in [0.5, 0.6) is 0 Å². The van der Waals surface area contributed by atoms with E-state index in [0.29, 0.717) is 0 Å². The molecule has 1 aliphatic rings. The van der Waals surface area contributed by atoms with Gasteiger partial charge in [0.2, 0.25) is 5.91 Å². The average molecular weight is 377 g/mol. The van der Waals surface area contributed by atoms with E-state index in [1.807, 2.05) is 24.3 Å². The van der Waals surface area contributed by atoms with Crippen LogP contribution >= 0.6 is 11.6 Å². The predicted octanol–water partition coefficient (Wildman–Crippen LogP) is 1.04. The van der Waals surface area contributed by atoms with Gasteiger partial charge in [0.1, 0.15) is 0 Å². The Kier molecular flexibility index (Phi) is 5.90. The summed E-state index contributed by atoms with van der Waals surface area (Å²) in [6.45, 7) is 2.55. The number of aromatic amines is 2. The molecule has 0 spiro atoms. The normalized spacial score (nSPS) is 17.8. The molecule has 2 aromatic rings. The summed E-state index contributed by atoms with van der Waals surface area (Å²) in [6.07, 6.45) is 3.14. The molecule has 1 aromatic heterocycles. The van der Waals surface area contributed by atoms with Gasteiger partial charge in [-0.15, -0.1) is 0 Å². The lowest BCUT2D eigenvalue weighted by Gasteiger charge is -2.33. The number of hydrogen-bond acceptors (Lipinski definition) is 4. The molecule has 1 fully saturated rings. The first-order valence-electron chi connectivity index (χ1n) is 8.56. The van der Waals surface area contributed by atoms with Crippen molar-refractivity contribution in [2.45, 2.75) is 31.8 Å². The van der Waals surface area contributed by atoms with E-state index in [1.54, 1.807) is 0 Å². The van der Waals surface area contributed by atoms with Crippen LogP contribution in [0.3, 0.4) is 0 Å². The number of hydrogen-bond donors (Lipinski definition) is 3. The lowest BCUT2D eigenvalue weighted by Crippen LogP contribution is -2.48. The second kappa shape index (κ2) is 8.33. The largest absolute Gasteiger partial charge is 0.352 e. The maximum Gasteiger partial charge on any atom is 0.325 e. The molecular formula is C18H21ClN4O3. The molecule has 3 N–H and O–H groups in total. The molecule has 2 heterocycles. The van der Waals surface area contributed by atoms with Crippen LogP contribution in [-0.4, -0.2) is 39.9 Å². The van der Waals surface area contributed by atoms with Crippen LogP contribution in [0, 0.1) is 0 Å². The fourth-order valence-electron chi connectivity index (χ4n) is 3.19. The van der Waals surface area contributed by atoms with Crippen LogP contribution in [-0.2, 0) is 17.8 Å². The fraction of sp³-hybridized carbons (Fsp3) is 0.389. The molecule has 1 aliphatic heterocycles. The number of nitrogens with zero attached hydrogens (tertiary/aromatic N) is 1. The average Bonchev–Trinajstić information content (AvgIpc) is 2.60. The molecule has 26 heavy (non-hydrogen) atoms. The molecule has 0 saturated carbocycles. The van der Waals surface area contributed by atoms with Gasteiger partial charge in [-0.1, -0.05) is 23.7 Å². The lowest BCUT2D eigenvalue weighted by atomic mass is 10.0. The molecule has 1 aromatic carbocycles. The van der Waals surface area contributed by atoms with E-state index in [0.717, 1.165) is 37.5 Å². The highest BCUT2D eigenvalue weighted by atomic mass is 35.5. The highest BCUT2D eigenvalue weighted by Crippen LogP contribution is 2.16. The van der Waals surface area contributed by atoms with Crippen molar-refractivity contribution in [1.29, 1.82) is 0 Å². The number of likely N-dealkylation sites (tertiary alicyclic amines) is 1. The predicted molar refractivity (Wildman–Crippen MR) is 99.3 cm³/mol. The quantitative estimate of drug-likeness (QED) is 0.726. The van der Waals surface area contributed by atoms with Crippen molar-refractivity contribution >= 4 is 17.5 Å². The van der Waals surface area contributed by atoms with E-state index in [9.17, 15) is 14.4 Å². The topological polar surface area (TPSA) is 98.1 Å².